The third-order valence-corrected chi connectivity index (χ3v) is 2.67. The van der Waals surface area contributed by atoms with Gasteiger partial charge in [0.15, 0.2) is 11.3 Å². The summed E-state index contributed by atoms with van der Waals surface area (Å²) in [4.78, 5) is 15.0. The molecule has 0 spiro atoms. The molecule has 76 valence electrons. The molecule has 0 bridgehead atoms. The standard InChI is InChI=1S/C10H9N3O2/c14-10(15)8-3-7(6-1-2-6)4-9-11-5-12-13(8)9/h3-6H,1-2H2,(H,14,15). The second-order valence-electron chi connectivity index (χ2n) is 3.78. The van der Waals surface area contributed by atoms with Crippen LogP contribution in [0.1, 0.15) is 34.8 Å². The van der Waals surface area contributed by atoms with Gasteiger partial charge < -0.3 is 5.11 Å². The lowest BCUT2D eigenvalue weighted by atomic mass is 10.1. The number of aromatic carboxylic acids is 1. The van der Waals surface area contributed by atoms with Crippen LogP contribution in [0, 0.1) is 0 Å². The molecule has 1 fully saturated rings. The Labute approximate surface area is 85.4 Å². The number of nitrogens with zero attached hydrogens (tertiary/aromatic N) is 3. The predicted molar refractivity (Wildman–Crippen MR) is 51.9 cm³/mol. The highest BCUT2D eigenvalue weighted by Crippen LogP contribution is 2.40. The van der Waals surface area contributed by atoms with Gasteiger partial charge in [-0.05, 0) is 36.5 Å². The summed E-state index contributed by atoms with van der Waals surface area (Å²) in [6.45, 7) is 0. The van der Waals surface area contributed by atoms with Crippen molar-refractivity contribution in [2.24, 2.45) is 0 Å². The lowest BCUT2D eigenvalue weighted by Crippen LogP contribution is -2.07. The first kappa shape index (κ1) is 8.40. The van der Waals surface area contributed by atoms with Gasteiger partial charge in [-0.1, -0.05) is 0 Å². The molecule has 2 heterocycles. The molecule has 1 saturated carbocycles. The number of hydrogen-bond donors (Lipinski definition) is 1. The zero-order valence-corrected chi connectivity index (χ0v) is 7.92. The zero-order chi connectivity index (χ0) is 10.4. The Kier molecular flexibility index (Phi) is 1.56. The first-order valence-corrected chi connectivity index (χ1v) is 4.82. The van der Waals surface area contributed by atoms with E-state index in [1.54, 1.807) is 6.07 Å². The molecule has 0 unspecified atom stereocenters. The van der Waals surface area contributed by atoms with Crippen LogP contribution in [-0.2, 0) is 0 Å². The Morgan fingerprint density at radius 3 is 2.93 bits per heavy atom. The van der Waals surface area contributed by atoms with E-state index >= 15 is 0 Å². The summed E-state index contributed by atoms with van der Waals surface area (Å²) in [6.07, 6.45) is 3.66. The van der Waals surface area contributed by atoms with Gasteiger partial charge in [0.05, 0.1) is 0 Å². The number of fused-ring (bicyclic) bond motifs is 1. The van der Waals surface area contributed by atoms with E-state index in [2.05, 4.69) is 10.1 Å². The van der Waals surface area contributed by atoms with Gasteiger partial charge in [0.2, 0.25) is 0 Å². The topological polar surface area (TPSA) is 67.5 Å². The Morgan fingerprint density at radius 2 is 2.27 bits per heavy atom. The van der Waals surface area contributed by atoms with Crippen LogP contribution in [-0.4, -0.2) is 25.7 Å². The number of carboxylic acid groups (broad SMARTS) is 1. The zero-order valence-electron chi connectivity index (χ0n) is 7.92. The molecule has 0 saturated heterocycles. The minimum Gasteiger partial charge on any atom is -0.477 e. The molecule has 1 N–H and O–H groups in total. The second kappa shape index (κ2) is 2.79. The van der Waals surface area contributed by atoms with Crippen LogP contribution in [0.5, 0.6) is 0 Å². The molecular formula is C10H9N3O2. The quantitative estimate of drug-likeness (QED) is 0.798. The SMILES string of the molecule is O=C(O)c1cc(C2CC2)cc2ncnn12. The van der Waals surface area contributed by atoms with Crippen LogP contribution >= 0.6 is 0 Å². The number of carbonyl (C=O) groups is 1. The van der Waals surface area contributed by atoms with Crippen molar-refractivity contribution in [3.05, 3.63) is 29.7 Å². The van der Waals surface area contributed by atoms with Crippen LogP contribution in [0.15, 0.2) is 18.5 Å². The number of rotatable bonds is 2. The van der Waals surface area contributed by atoms with Crippen LogP contribution < -0.4 is 0 Å². The van der Waals surface area contributed by atoms with E-state index in [1.807, 2.05) is 6.07 Å². The van der Waals surface area contributed by atoms with E-state index in [0.29, 0.717) is 11.6 Å². The minimum absolute atomic E-state index is 0.187. The van der Waals surface area contributed by atoms with Gasteiger partial charge in [0, 0.05) is 0 Å². The molecule has 1 aliphatic rings. The predicted octanol–water partition coefficient (Wildman–Crippen LogP) is 1.30. The van der Waals surface area contributed by atoms with Crippen molar-refractivity contribution in [2.75, 3.05) is 0 Å². The number of aromatic nitrogens is 3. The summed E-state index contributed by atoms with van der Waals surface area (Å²) in [7, 11) is 0. The van der Waals surface area contributed by atoms with E-state index in [0.717, 1.165) is 18.4 Å². The summed E-state index contributed by atoms with van der Waals surface area (Å²) in [5.74, 6) is -0.446. The van der Waals surface area contributed by atoms with E-state index in [4.69, 9.17) is 5.11 Å². The average Bonchev–Trinajstić information content (AvgIpc) is 2.95. The second-order valence-corrected chi connectivity index (χ2v) is 3.78. The number of carboxylic acids is 1. The maximum absolute atomic E-state index is 11.0. The lowest BCUT2D eigenvalue weighted by molar-refractivity contribution is 0.0687. The Balaban J connectivity index is 2.28. The number of pyridine rings is 1. The molecule has 5 heteroatoms. The van der Waals surface area contributed by atoms with Crippen molar-refractivity contribution >= 4 is 11.6 Å². The van der Waals surface area contributed by atoms with E-state index in [1.165, 1.54) is 10.8 Å². The third-order valence-electron chi connectivity index (χ3n) is 2.67. The molecule has 0 aliphatic heterocycles. The fraction of sp³-hybridized carbons (Fsp3) is 0.300. The molecule has 0 aromatic carbocycles. The molecule has 15 heavy (non-hydrogen) atoms. The van der Waals surface area contributed by atoms with Crippen molar-refractivity contribution in [1.29, 1.82) is 0 Å². The highest BCUT2D eigenvalue weighted by atomic mass is 16.4. The molecular weight excluding hydrogens is 194 g/mol. The van der Waals surface area contributed by atoms with Crippen molar-refractivity contribution in [1.82, 2.24) is 14.6 Å². The van der Waals surface area contributed by atoms with Gasteiger partial charge in [-0.3, -0.25) is 0 Å². The summed E-state index contributed by atoms with van der Waals surface area (Å²) in [6, 6.07) is 3.61. The van der Waals surface area contributed by atoms with Gasteiger partial charge in [-0.25, -0.2) is 14.3 Å². The highest BCUT2D eigenvalue weighted by Gasteiger charge is 2.25. The lowest BCUT2D eigenvalue weighted by Gasteiger charge is -2.02. The average molecular weight is 203 g/mol. The van der Waals surface area contributed by atoms with Crippen molar-refractivity contribution in [3.63, 3.8) is 0 Å². The fourth-order valence-electron chi connectivity index (χ4n) is 1.75. The first-order chi connectivity index (χ1) is 7.25. The van der Waals surface area contributed by atoms with Crippen LogP contribution in [0.25, 0.3) is 5.65 Å². The largest absolute Gasteiger partial charge is 0.477 e. The molecule has 1 aliphatic carbocycles. The van der Waals surface area contributed by atoms with E-state index < -0.39 is 5.97 Å². The monoisotopic (exact) mass is 203 g/mol. The van der Waals surface area contributed by atoms with Crippen molar-refractivity contribution < 1.29 is 9.90 Å². The Morgan fingerprint density at radius 1 is 1.47 bits per heavy atom. The maximum atomic E-state index is 11.0. The number of hydrogen-bond acceptors (Lipinski definition) is 3. The smallest absolute Gasteiger partial charge is 0.354 e. The summed E-state index contributed by atoms with van der Waals surface area (Å²) in [5, 5.41) is 12.9. The Hall–Kier alpha value is -1.91. The molecule has 3 rings (SSSR count). The highest BCUT2D eigenvalue weighted by molar-refractivity contribution is 5.86. The minimum atomic E-state index is -0.965. The van der Waals surface area contributed by atoms with Crippen LogP contribution in [0.2, 0.25) is 0 Å². The molecule has 0 radical (unpaired) electrons. The normalized spacial score (nSPS) is 15.7. The molecule has 2 aromatic rings. The molecule has 2 aromatic heterocycles. The van der Waals surface area contributed by atoms with Gasteiger partial charge in [0.1, 0.15) is 6.33 Å². The molecule has 5 nitrogen and oxygen atoms in total. The third kappa shape index (κ3) is 1.27. The van der Waals surface area contributed by atoms with Gasteiger partial charge in [0.25, 0.3) is 0 Å². The van der Waals surface area contributed by atoms with Gasteiger partial charge in [-0.15, -0.1) is 0 Å². The molecule has 0 amide bonds. The van der Waals surface area contributed by atoms with Crippen molar-refractivity contribution in [3.8, 4) is 0 Å². The molecule has 0 atom stereocenters. The van der Waals surface area contributed by atoms with E-state index in [-0.39, 0.29) is 5.69 Å². The van der Waals surface area contributed by atoms with Crippen molar-refractivity contribution in [2.45, 2.75) is 18.8 Å². The van der Waals surface area contributed by atoms with Crippen LogP contribution in [0.3, 0.4) is 0 Å². The first-order valence-electron chi connectivity index (χ1n) is 4.82. The van der Waals surface area contributed by atoms with E-state index in [9.17, 15) is 4.79 Å². The Bertz CT molecular complexity index is 543. The maximum Gasteiger partial charge on any atom is 0.354 e. The summed E-state index contributed by atoms with van der Waals surface area (Å²) >= 11 is 0. The fourth-order valence-corrected chi connectivity index (χ4v) is 1.75. The van der Waals surface area contributed by atoms with Crippen LogP contribution in [0.4, 0.5) is 0 Å². The summed E-state index contributed by atoms with van der Waals surface area (Å²) < 4.78 is 1.36. The van der Waals surface area contributed by atoms with Gasteiger partial charge in [-0.2, -0.15) is 5.10 Å². The summed E-state index contributed by atoms with van der Waals surface area (Å²) in [5.41, 5.74) is 1.86. The van der Waals surface area contributed by atoms with Gasteiger partial charge >= 0.3 is 5.97 Å².